The Bertz CT molecular complexity index is 813. The Labute approximate surface area is 190 Å². The number of carbonyl (C=O) groups is 3. The number of rotatable bonds is 9. The van der Waals surface area contributed by atoms with E-state index in [1.54, 1.807) is 14.7 Å². The van der Waals surface area contributed by atoms with Crippen molar-refractivity contribution in [1.82, 2.24) is 14.7 Å². The highest BCUT2D eigenvalue weighted by Gasteiger charge is 2.48. The van der Waals surface area contributed by atoms with Crippen molar-refractivity contribution in [2.45, 2.75) is 57.8 Å². The molecule has 1 aromatic rings. The third-order valence-electron chi connectivity index (χ3n) is 5.91. The van der Waals surface area contributed by atoms with Gasteiger partial charge in [-0.15, -0.1) is 0 Å². The number of nitrogens with zero attached hydrogens (tertiary/aromatic N) is 3. The number of fused-ring (bicyclic) bond motifs is 1. The van der Waals surface area contributed by atoms with Gasteiger partial charge in [-0.3, -0.25) is 14.5 Å². The molecule has 0 radical (unpaired) electrons. The molecule has 0 aliphatic carbocycles. The summed E-state index contributed by atoms with van der Waals surface area (Å²) in [7, 11) is 0. The van der Waals surface area contributed by atoms with E-state index >= 15 is 0 Å². The fourth-order valence-electron chi connectivity index (χ4n) is 4.28. The molecule has 2 fully saturated rings. The van der Waals surface area contributed by atoms with E-state index in [9.17, 15) is 14.4 Å². The largest absolute Gasteiger partial charge is 0.445 e. The highest BCUT2D eigenvalue weighted by molar-refractivity contribution is 5.90. The van der Waals surface area contributed by atoms with E-state index in [2.05, 4.69) is 6.92 Å². The first-order valence-corrected chi connectivity index (χ1v) is 11.5. The Balaban J connectivity index is 1.79. The van der Waals surface area contributed by atoms with Gasteiger partial charge in [0.25, 0.3) is 0 Å². The smallest absolute Gasteiger partial charge is 0.411 e. The van der Waals surface area contributed by atoms with E-state index in [4.69, 9.17) is 10.5 Å². The molecule has 3 amide bonds. The predicted octanol–water partition coefficient (Wildman–Crippen LogP) is 2.49. The van der Waals surface area contributed by atoms with Crippen LogP contribution in [0, 0.1) is 0 Å². The Morgan fingerprint density at radius 1 is 1.22 bits per heavy atom. The number of allylic oxidation sites excluding steroid dienone is 1. The van der Waals surface area contributed by atoms with Gasteiger partial charge < -0.3 is 20.3 Å². The molecule has 0 saturated carbocycles. The van der Waals surface area contributed by atoms with Gasteiger partial charge >= 0.3 is 6.09 Å². The molecule has 32 heavy (non-hydrogen) atoms. The normalized spacial score (nSPS) is 21.2. The van der Waals surface area contributed by atoms with Crippen molar-refractivity contribution in [2.75, 3.05) is 26.2 Å². The van der Waals surface area contributed by atoms with Crippen molar-refractivity contribution in [3.63, 3.8) is 0 Å². The molecule has 0 aromatic heterocycles. The summed E-state index contributed by atoms with van der Waals surface area (Å²) in [5, 5.41) is 0. The van der Waals surface area contributed by atoms with E-state index < -0.39 is 18.3 Å². The molecule has 2 atom stereocenters. The minimum absolute atomic E-state index is 0.0929. The van der Waals surface area contributed by atoms with Crippen LogP contribution in [0.25, 0.3) is 0 Å². The topological polar surface area (TPSA) is 96.2 Å². The summed E-state index contributed by atoms with van der Waals surface area (Å²) in [6.45, 7) is 3.69. The summed E-state index contributed by atoms with van der Waals surface area (Å²) in [5.41, 5.74) is 6.70. The minimum Gasteiger partial charge on any atom is -0.445 e. The molecule has 2 aliphatic rings. The molecule has 0 spiro atoms. The van der Waals surface area contributed by atoms with Crippen molar-refractivity contribution in [1.29, 1.82) is 0 Å². The highest BCUT2D eigenvalue weighted by atomic mass is 16.6. The molecular formula is C24H34N4O4. The Kier molecular flexibility index (Phi) is 8.67. The van der Waals surface area contributed by atoms with Gasteiger partial charge in [0.1, 0.15) is 18.8 Å². The van der Waals surface area contributed by atoms with Crippen LogP contribution in [-0.2, 0) is 20.9 Å². The van der Waals surface area contributed by atoms with Crippen LogP contribution in [0.2, 0.25) is 0 Å². The lowest BCUT2D eigenvalue weighted by Crippen LogP contribution is -2.71. The maximum atomic E-state index is 13.3. The first-order valence-electron chi connectivity index (χ1n) is 11.5. The molecule has 2 saturated heterocycles. The van der Waals surface area contributed by atoms with E-state index in [0.29, 0.717) is 25.9 Å². The Morgan fingerprint density at radius 2 is 2.00 bits per heavy atom. The standard InChI is InChI=1S/C24H34N4O4/c1-2-3-4-8-16-32-24(31)27-15-13-22(29)28-20(12-9-14-25)23(30)26(18-21(27)28)17-19-10-6-5-7-11-19/h4-8,10-11,20-21H,2-3,9,12-18,25H2,1H3/b8-4+. The van der Waals surface area contributed by atoms with Crippen molar-refractivity contribution in [3.8, 4) is 0 Å². The summed E-state index contributed by atoms with van der Waals surface area (Å²) in [4.78, 5) is 44.0. The SMILES string of the molecule is CCC/C=C/COC(=O)N1CCC(=O)N2C(CCCN)C(=O)N(Cc3ccccc3)CC12. The molecule has 2 heterocycles. The van der Waals surface area contributed by atoms with Crippen LogP contribution in [0.4, 0.5) is 4.79 Å². The zero-order valence-corrected chi connectivity index (χ0v) is 18.8. The number of piperazine rings is 1. The second kappa shape index (κ2) is 11.7. The Morgan fingerprint density at radius 3 is 2.72 bits per heavy atom. The fraction of sp³-hybridized carbons (Fsp3) is 0.542. The molecule has 174 valence electrons. The molecular weight excluding hydrogens is 408 g/mol. The highest BCUT2D eigenvalue weighted by Crippen LogP contribution is 2.29. The van der Waals surface area contributed by atoms with Crippen LogP contribution in [0.15, 0.2) is 42.5 Å². The summed E-state index contributed by atoms with van der Waals surface area (Å²) in [6, 6.07) is 9.11. The van der Waals surface area contributed by atoms with Gasteiger partial charge in [0.05, 0.1) is 6.54 Å². The van der Waals surface area contributed by atoms with Gasteiger partial charge in [0, 0.05) is 19.5 Å². The van der Waals surface area contributed by atoms with E-state index in [-0.39, 0.29) is 37.9 Å². The molecule has 2 N–H and O–H groups in total. The first kappa shape index (κ1) is 23.8. The van der Waals surface area contributed by atoms with Crippen LogP contribution >= 0.6 is 0 Å². The second-order valence-corrected chi connectivity index (χ2v) is 8.21. The maximum Gasteiger partial charge on any atom is 0.411 e. The van der Waals surface area contributed by atoms with Gasteiger partial charge in [-0.1, -0.05) is 55.8 Å². The molecule has 3 rings (SSSR count). The number of unbranched alkanes of at least 4 members (excludes halogenated alkanes) is 1. The van der Waals surface area contributed by atoms with Crippen LogP contribution in [-0.4, -0.2) is 71.1 Å². The predicted molar refractivity (Wildman–Crippen MR) is 121 cm³/mol. The summed E-state index contributed by atoms with van der Waals surface area (Å²) in [5.74, 6) is -0.193. The van der Waals surface area contributed by atoms with E-state index in [0.717, 1.165) is 18.4 Å². The summed E-state index contributed by atoms with van der Waals surface area (Å²) in [6.07, 6.45) is 6.09. The van der Waals surface area contributed by atoms with Gasteiger partial charge in [-0.2, -0.15) is 0 Å². The average molecular weight is 443 g/mol. The van der Waals surface area contributed by atoms with Crippen molar-refractivity contribution < 1.29 is 19.1 Å². The lowest BCUT2D eigenvalue weighted by molar-refractivity contribution is -0.168. The number of hydrogen-bond donors (Lipinski definition) is 1. The second-order valence-electron chi connectivity index (χ2n) is 8.21. The molecule has 0 bridgehead atoms. The van der Waals surface area contributed by atoms with Gasteiger partial charge in [-0.25, -0.2) is 4.79 Å². The van der Waals surface area contributed by atoms with Gasteiger partial charge in [0.15, 0.2) is 0 Å². The van der Waals surface area contributed by atoms with Crippen molar-refractivity contribution in [2.24, 2.45) is 5.73 Å². The van der Waals surface area contributed by atoms with Crippen LogP contribution in [0.5, 0.6) is 0 Å². The van der Waals surface area contributed by atoms with E-state index in [1.807, 2.05) is 42.5 Å². The molecule has 8 nitrogen and oxygen atoms in total. The summed E-state index contributed by atoms with van der Waals surface area (Å²) < 4.78 is 5.45. The number of benzene rings is 1. The number of amides is 3. The first-order chi connectivity index (χ1) is 15.6. The van der Waals surface area contributed by atoms with Crippen LogP contribution in [0.3, 0.4) is 0 Å². The maximum absolute atomic E-state index is 13.3. The summed E-state index contributed by atoms with van der Waals surface area (Å²) >= 11 is 0. The lowest BCUT2D eigenvalue weighted by Gasteiger charge is -2.51. The quantitative estimate of drug-likeness (QED) is 0.593. The zero-order chi connectivity index (χ0) is 22.9. The Hall–Kier alpha value is -2.87. The number of carbonyl (C=O) groups excluding carboxylic acids is 3. The average Bonchev–Trinajstić information content (AvgIpc) is 2.80. The molecule has 8 heteroatoms. The monoisotopic (exact) mass is 442 g/mol. The van der Waals surface area contributed by atoms with Gasteiger partial charge in [-0.05, 0) is 31.4 Å². The molecule has 1 aromatic carbocycles. The van der Waals surface area contributed by atoms with Crippen molar-refractivity contribution in [3.05, 3.63) is 48.0 Å². The third-order valence-corrected chi connectivity index (χ3v) is 5.91. The van der Waals surface area contributed by atoms with Crippen LogP contribution < -0.4 is 5.73 Å². The molecule has 2 aliphatic heterocycles. The lowest BCUT2D eigenvalue weighted by atomic mass is 9.99. The zero-order valence-electron chi connectivity index (χ0n) is 18.8. The third kappa shape index (κ3) is 5.68. The number of hydrogen-bond acceptors (Lipinski definition) is 5. The van der Waals surface area contributed by atoms with Crippen LogP contribution in [0.1, 0.15) is 44.6 Å². The van der Waals surface area contributed by atoms with Crippen molar-refractivity contribution >= 4 is 17.9 Å². The fourth-order valence-corrected chi connectivity index (χ4v) is 4.28. The minimum atomic E-state index is -0.617. The molecule has 2 unspecified atom stereocenters. The number of nitrogens with two attached hydrogens (primary N) is 1. The van der Waals surface area contributed by atoms with E-state index in [1.165, 1.54) is 0 Å². The number of ether oxygens (including phenoxy) is 1. The van der Waals surface area contributed by atoms with Gasteiger partial charge in [0.2, 0.25) is 11.8 Å².